The number of hydrogen-bond acceptors (Lipinski definition) is 3. The molecule has 1 aliphatic carbocycles. The van der Waals surface area contributed by atoms with E-state index in [-0.39, 0.29) is 11.8 Å². The van der Waals surface area contributed by atoms with Gasteiger partial charge in [0.15, 0.2) is 5.76 Å². The molecule has 5 heteroatoms. The molecular formula is C21H24N2O3. The summed E-state index contributed by atoms with van der Waals surface area (Å²) in [6.07, 6.45) is 5.02. The first-order valence-electron chi connectivity index (χ1n) is 9.41. The molecular weight excluding hydrogens is 328 g/mol. The van der Waals surface area contributed by atoms with Crippen molar-refractivity contribution >= 4 is 11.8 Å². The van der Waals surface area contributed by atoms with Crippen molar-refractivity contribution in [3.8, 4) is 0 Å². The highest BCUT2D eigenvalue weighted by molar-refractivity contribution is 5.91. The number of carbonyl (C=O) groups excluding carboxylic acids is 2. The minimum absolute atomic E-state index is 0.0889. The van der Waals surface area contributed by atoms with E-state index < -0.39 is 0 Å². The van der Waals surface area contributed by atoms with Crippen LogP contribution in [0.2, 0.25) is 0 Å². The molecule has 4 rings (SSSR count). The van der Waals surface area contributed by atoms with Crippen LogP contribution in [0.5, 0.6) is 0 Å². The first-order valence-corrected chi connectivity index (χ1v) is 9.41. The topological polar surface area (TPSA) is 53.8 Å². The standard InChI is InChI=1S/C21H24N2O3/c24-20(15-17-9-8-16-5-1-2-6-18(16)17)22-10-4-11-23(13-12-22)21(25)19-7-3-14-26-19/h1-3,5-7,14,17H,4,8-13,15H2. The Labute approximate surface area is 153 Å². The third-order valence-electron chi connectivity index (χ3n) is 5.55. The number of hydrogen-bond donors (Lipinski definition) is 0. The minimum Gasteiger partial charge on any atom is -0.459 e. The van der Waals surface area contributed by atoms with E-state index in [9.17, 15) is 9.59 Å². The summed E-state index contributed by atoms with van der Waals surface area (Å²) in [6, 6.07) is 11.9. The van der Waals surface area contributed by atoms with Crippen molar-refractivity contribution < 1.29 is 14.0 Å². The number of benzene rings is 1. The Kier molecular flexibility index (Phi) is 4.78. The fourth-order valence-corrected chi connectivity index (χ4v) is 4.12. The maximum absolute atomic E-state index is 12.8. The van der Waals surface area contributed by atoms with Crippen molar-refractivity contribution in [2.45, 2.75) is 31.6 Å². The van der Waals surface area contributed by atoms with E-state index in [4.69, 9.17) is 4.42 Å². The highest BCUT2D eigenvalue weighted by Gasteiger charge is 2.28. The lowest BCUT2D eigenvalue weighted by Gasteiger charge is -2.23. The number of nitrogens with zero attached hydrogens (tertiary/aromatic N) is 2. The summed E-state index contributed by atoms with van der Waals surface area (Å²) in [5, 5.41) is 0. The molecule has 1 saturated heterocycles. The third-order valence-corrected chi connectivity index (χ3v) is 5.55. The first-order chi connectivity index (χ1) is 12.7. The summed E-state index contributed by atoms with van der Waals surface area (Å²) in [5.41, 5.74) is 2.72. The molecule has 0 spiro atoms. The number of amides is 2. The van der Waals surface area contributed by atoms with Crippen molar-refractivity contribution in [1.29, 1.82) is 0 Å². The summed E-state index contributed by atoms with van der Waals surface area (Å²) in [4.78, 5) is 29.0. The van der Waals surface area contributed by atoms with E-state index in [1.165, 1.54) is 17.4 Å². The molecule has 0 bridgehead atoms. The Morgan fingerprint density at radius 3 is 2.65 bits per heavy atom. The normalized spacial score (nSPS) is 19.9. The van der Waals surface area contributed by atoms with Crippen LogP contribution in [0.1, 0.15) is 46.9 Å². The molecule has 1 aromatic carbocycles. The lowest BCUT2D eigenvalue weighted by Crippen LogP contribution is -2.37. The molecule has 0 saturated carbocycles. The molecule has 1 atom stereocenters. The first kappa shape index (κ1) is 16.9. The Bertz CT molecular complexity index is 784. The predicted molar refractivity (Wildman–Crippen MR) is 97.9 cm³/mol. The summed E-state index contributed by atoms with van der Waals surface area (Å²) in [6.45, 7) is 2.54. The second kappa shape index (κ2) is 7.36. The molecule has 1 unspecified atom stereocenters. The van der Waals surface area contributed by atoms with Gasteiger partial charge in [0.1, 0.15) is 0 Å². The molecule has 5 nitrogen and oxygen atoms in total. The van der Waals surface area contributed by atoms with E-state index in [0.717, 1.165) is 25.8 Å². The second-order valence-corrected chi connectivity index (χ2v) is 7.14. The number of fused-ring (bicyclic) bond motifs is 1. The maximum atomic E-state index is 12.8. The van der Waals surface area contributed by atoms with Crippen molar-refractivity contribution in [2.75, 3.05) is 26.2 Å². The van der Waals surface area contributed by atoms with Crippen LogP contribution >= 0.6 is 0 Å². The van der Waals surface area contributed by atoms with Crippen LogP contribution < -0.4 is 0 Å². The highest BCUT2D eigenvalue weighted by atomic mass is 16.3. The van der Waals surface area contributed by atoms with Crippen LogP contribution in [0.3, 0.4) is 0 Å². The lowest BCUT2D eigenvalue weighted by atomic mass is 9.97. The quantitative estimate of drug-likeness (QED) is 0.853. The van der Waals surface area contributed by atoms with Crippen LogP contribution in [0, 0.1) is 0 Å². The zero-order valence-corrected chi connectivity index (χ0v) is 14.9. The Balaban J connectivity index is 1.36. The lowest BCUT2D eigenvalue weighted by molar-refractivity contribution is -0.131. The molecule has 2 aliphatic rings. The third kappa shape index (κ3) is 3.39. The van der Waals surface area contributed by atoms with Crippen molar-refractivity contribution in [1.82, 2.24) is 9.80 Å². The van der Waals surface area contributed by atoms with Gasteiger partial charge in [-0.25, -0.2) is 0 Å². The van der Waals surface area contributed by atoms with Gasteiger partial charge in [-0.3, -0.25) is 9.59 Å². The van der Waals surface area contributed by atoms with Crippen LogP contribution in [0.25, 0.3) is 0 Å². The molecule has 1 aliphatic heterocycles. The van der Waals surface area contributed by atoms with Crippen molar-refractivity contribution in [2.24, 2.45) is 0 Å². The van der Waals surface area contributed by atoms with Crippen LogP contribution in [-0.2, 0) is 11.2 Å². The van der Waals surface area contributed by atoms with E-state index in [1.807, 2.05) is 4.90 Å². The number of aryl methyl sites for hydroxylation is 1. The molecule has 26 heavy (non-hydrogen) atoms. The Morgan fingerprint density at radius 1 is 1.00 bits per heavy atom. The number of carbonyl (C=O) groups is 2. The van der Waals surface area contributed by atoms with Crippen LogP contribution in [0.4, 0.5) is 0 Å². The van der Waals surface area contributed by atoms with Crippen LogP contribution in [0.15, 0.2) is 47.1 Å². The summed E-state index contributed by atoms with van der Waals surface area (Å²) >= 11 is 0. The van der Waals surface area contributed by atoms with Gasteiger partial charge in [-0.15, -0.1) is 0 Å². The van der Waals surface area contributed by atoms with Gasteiger partial charge in [0.05, 0.1) is 6.26 Å². The maximum Gasteiger partial charge on any atom is 0.289 e. The van der Waals surface area contributed by atoms with Crippen molar-refractivity contribution in [3.63, 3.8) is 0 Å². The van der Waals surface area contributed by atoms with Gasteiger partial charge in [-0.2, -0.15) is 0 Å². The van der Waals surface area contributed by atoms with Crippen LogP contribution in [-0.4, -0.2) is 47.8 Å². The number of rotatable bonds is 3. The molecule has 1 aromatic heterocycles. The Hall–Kier alpha value is -2.56. The van der Waals surface area contributed by atoms with Gasteiger partial charge in [0.2, 0.25) is 5.91 Å². The molecule has 0 N–H and O–H groups in total. The van der Waals surface area contributed by atoms with Gasteiger partial charge >= 0.3 is 0 Å². The average Bonchev–Trinajstić information content (AvgIpc) is 3.26. The molecule has 2 heterocycles. The van der Waals surface area contributed by atoms with E-state index in [1.54, 1.807) is 17.0 Å². The molecule has 2 amide bonds. The summed E-state index contributed by atoms with van der Waals surface area (Å²) in [7, 11) is 0. The van der Waals surface area contributed by atoms with Gasteiger partial charge in [0.25, 0.3) is 5.91 Å². The monoisotopic (exact) mass is 352 g/mol. The smallest absolute Gasteiger partial charge is 0.289 e. The SMILES string of the molecule is O=C(CC1CCc2ccccc21)N1CCCN(C(=O)c2ccco2)CC1. The summed E-state index contributed by atoms with van der Waals surface area (Å²) < 4.78 is 5.21. The largest absolute Gasteiger partial charge is 0.459 e. The van der Waals surface area contributed by atoms with Crippen molar-refractivity contribution in [3.05, 3.63) is 59.5 Å². The molecule has 0 radical (unpaired) electrons. The second-order valence-electron chi connectivity index (χ2n) is 7.14. The number of furan rings is 1. The van der Waals surface area contributed by atoms with Gasteiger partial charge in [-0.05, 0) is 48.4 Å². The van der Waals surface area contributed by atoms with E-state index in [2.05, 4.69) is 24.3 Å². The minimum atomic E-state index is -0.0889. The van der Waals surface area contributed by atoms with Gasteiger partial charge < -0.3 is 14.2 Å². The van der Waals surface area contributed by atoms with E-state index in [0.29, 0.717) is 37.7 Å². The molecule has 136 valence electrons. The fourth-order valence-electron chi connectivity index (χ4n) is 4.12. The summed E-state index contributed by atoms with van der Waals surface area (Å²) in [5.74, 6) is 0.822. The molecule has 2 aromatic rings. The predicted octanol–water partition coefficient (Wildman–Crippen LogP) is 3.07. The average molecular weight is 352 g/mol. The highest BCUT2D eigenvalue weighted by Crippen LogP contribution is 2.35. The van der Waals surface area contributed by atoms with E-state index >= 15 is 0 Å². The zero-order chi connectivity index (χ0) is 17.9. The van der Waals surface area contributed by atoms with Gasteiger partial charge in [0, 0.05) is 32.6 Å². The fraction of sp³-hybridized carbons (Fsp3) is 0.429. The zero-order valence-electron chi connectivity index (χ0n) is 14.9. The Morgan fingerprint density at radius 2 is 1.81 bits per heavy atom. The van der Waals surface area contributed by atoms with Gasteiger partial charge in [-0.1, -0.05) is 24.3 Å². The molecule has 1 fully saturated rings.